The number of hydrogen-bond donors (Lipinski definition) is 0. The molecule has 12 aromatic rings. The van der Waals surface area contributed by atoms with Crippen LogP contribution in [-0.4, -0.2) is 39.0 Å². The van der Waals surface area contributed by atoms with Crippen LogP contribution >= 0.6 is 0 Å². The Kier molecular flexibility index (Phi) is 10.3. The maximum atomic E-state index is 5.29. The molecule has 0 aliphatic heterocycles. The van der Waals surface area contributed by atoms with E-state index in [0.717, 1.165) is 90.3 Å². The van der Waals surface area contributed by atoms with E-state index in [1.165, 1.54) is 0 Å². The monoisotopic (exact) mass is 876 g/mol. The van der Waals surface area contributed by atoms with Gasteiger partial charge in [0, 0.05) is 70.0 Å². The fourth-order valence-electron chi connectivity index (χ4n) is 8.77. The molecular formula is C58H40N10. The first kappa shape index (κ1) is 40.0. The summed E-state index contributed by atoms with van der Waals surface area (Å²) < 4.78 is 4.44. The van der Waals surface area contributed by atoms with Crippen LogP contribution in [-0.2, 0) is 0 Å². The number of fused-ring (bicyclic) bond motifs is 2. The Morgan fingerprint density at radius 2 is 0.588 bits per heavy atom. The van der Waals surface area contributed by atoms with E-state index < -0.39 is 0 Å². The third kappa shape index (κ3) is 7.47. The Balaban J connectivity index is 0.941. The van der Waals surface area contributed by atoms with E-state index in [4.69, 9.17) is 9.97 Å². The molecule has 0 N–H and O–H groups in total. The summed E-state index contributed by atoms with van der Waals surface area (Å²) in [5, 5.41) is 0. The summed E-state index contributed by atoms with van der Waals surface area (Å²) >= 11 is 0. The van der Waals surface area contributed by atoms with Crippen molar-refractivity contribution >= 4 is 56.7 Å². The van der Waals surface area contributed by atoms with Gasteiger partial charge in [-0.1, -0.05) is 84.9 Å². The average molecular weight is 877 g/mol. The topological polar surface area (TPSA) is 93.7 Å². The van der Waals surface area contributed by atoms with Gasteiger partial charge in [-0.15, -0.1) is 0 Å². The molecule has 0 bridgehead atoms. The smallest absolute Gasteiger partial charge is 0.220 e. The molecule has 0 saturated heterocycles. The maximum absolute atomic E-state index is 5.29. The number of para-hydroxylation sites is 6. The zero-order valence-corrected chi connectivity index (χ0v) is 36.6. The molecule has 10 heteroatoms. The molecule has 0 radical (unpaired) electrons. The number of rotatable bonds is 11. The third-order valence-electron chi connectivity index (χ3n) is 12.0. The zero-order valence-electron chi connectivity index (χ0n) is 36.6. The summed E-state index contributed by atoms with van der Waals surface area (Å²) in [6.45, 7) is 0. The minimum absolute atomic E-state index is 0.673. The van der Waals surface area contributed by atoms with Gasteiger partial charge in [0.1, 0.15) is 0 Å². The number of imidazole rings is 2. The van der Waals surface area contributed by atoms with Crippen molar-refractivity contribution in [2.75, 3.05) is 9.80 Å². The van der Waals surface area contributed by atoms with Crippen molar-refractivity contribution in [1.29, 1.82) is 0 Å². The van der Waals surface area contributed by atoms with Crippen molar-refractivity contribution in [3.05, 3.63) is 243 Å². The van der Waals surface area contributed by atoms with Gasteiger partial charge >= 0.3 is 0 Å². The van der Waals surface area contributed by atoms with Crippen molar-refractivity contribution < 1.29 is 0 Å². The van der Waals surface area contributed by atoms with Crippen LogP contribution in [0.1, 0.15) is 0 Å². The molecule has 0 unspecified atom stereocenters. The van der Waals surface area contributed by atoms with Crippen LogP contribution in [0.2, 0.25) is 0 Å². The van der Waals surface area contributed by atoms with Gasteiger partial charge in [0.15, 0.2) is 11.6 Å². The third-order valence-corrected chi connectivity index (χ3v) is 12.0. The lowest BCUT2D eigenvalue weighted by molar-refractivity contribution is 1.03. The van der Waals surface area contributed by atoms with E-state index >= 15 is 0 Å². The average Bonchev–Trinajstić information content (AvgIpc) is 4.00. The van der Waals surface area contributed by atoms with Gasteiger partial charge in [-0.3, -0.25) is 18.9 Å². The van der Waals surface area contributed by atoms with Crippen LogP contribution in [0, 0.1) is 0 Å². The van der Waals surface area contributed by atoms with E-state index in [1.807, 2.05) is 36.4 Å². The fraction of sp³-hybridized carbons (Fsp3) is 0. The molecule has 68 heavy (non-hydrogen) atoms. The van der Waals surface area contributed by atoms with Gasteiger partial charge in [0.2, 0.25) is 11.9 Å². The van der Waals surface area contributed by atoms with Crippen LogP contribution in [0.3, 0.4) is 0 Å². The molecule has 12 rings (SSSR count). The van der Waals surface area contributed by atoms with E-state index in [-0.39, 0.29) is 0 Å². The summed E-state index contributed by atoms with van der Waals surface area (Å²) in [7, 11) is 0. The Bertz CT molecular complexity index is 3390. The van der Waals surface area contributed by atoms with Gasteiger partial charge < -0.3 is 0 Å². The van der Waals surface area contributed by atoms with Crippen LogP contribution < -0.4 is 9.80 Å². The Morgan fingerprint density at radius 1 is 0.279 bits per heavy atom. The van der Waals surface area contributed by atoms with E-state index in [9.17, 15) is 0 Å². The number of anilines is 6. The Labute approximate surface area is 392 Å². The highest BCUT2D eigenvalue weighted by molar-refractivity contribution is 5.88. The van der Waals surface area contributed by atoms with Crippen molar-refractivity contribution in [3.8, 4) is 45.3 Å². The summed E-state index contributed by atoms with van der Waals surface area (Å²) in [6, 6.07) is 75.0. The second-order valence-corrected chi connectivity index (χ2v) is 16.1. The highest BCUT2D eigenvalue weighted by Gasteiger charge is 2.24. The predicted molar refractivity (Wildman–Crippen MR) is 273 cm³/mol. The van der Waals surface area contributed by atoms with Crippen LogP contribution in [0.25, 0.3) is 67.3 Å². The molecule has 0 aliphatic rings. The van der Waals surface area contributed by atoms with Crippen LogP contribution in [0.5, 0.6) is 0 Å². The summed E-state index contributed by atoms with van der Waals surface area (Å²) in [5.41, 5.74) is 13.7. The van der Waals surface area contributed by atoms with Gasteiger partial charge in [-0.05, 0) is 145 Å². The number of aromatic nitrogens is 8. The van der Waals surface area contributed by atoms with Gasteiger partial charge in [-0.2, -0.15) is 0 Å². The lowest BCUT2D eigenvalue weighted by Gasteiger charge is -2.26. The highest BCUT2D eigenvalue weighted by Crippen LogP contribution is 2.41. The summed E-state index contributed by atoms with van der Waals surface area (Å²) in [4.78, 5) is 33.0. The maximum Gasteiger partial charge on any atom is 0.220 e. The molecule has 322 valence electrons. The van der Waals surface area contributed by atoms with Crippen LogP contribution in [0.15, 0.2) is 243 Å². The molecule has 8 aromatic carbocycles. The largest absolute Gasteiger partial charge is 0.280 e. The lowest BCUT2D eigenvalue weighted by atomic mass is 10.0. The van der Waals surface area contributed by atoms with E-state index in [0.29, 0.717) is 11.6 Å². The molecule has 4 heterocycles. The summed E-state index contributed by atoms with van der Waals surface area (Å²) in [6.07, 6.45) is 7.05. The standard InChI is InChI=1S/C58H40N10/c1-3-13-45(14-4-1)67-53-19-9-7-17-51(53)63-57(67)65(49-33-25-43(26-34-49)55-59-37-11-38-60-55)47-29-21-41(22-30-47)42-23-31-48(32-24-42)66(50-35-27-44(28-36-50)56-61-39-12-40-62-56)58-64-52-18-8-10-20-54(52)68(58)46-15-5-2-6-16-46/h1-40H. The fourth-order valence-corrected chi connectivity index (χ4v) is 8.77. The molecule has 0 amide bonds. The second kappa shape index (κ2) is 17.4. The minimum Gasteiger partial charge on any atom is -0.280 e. The first-order valence-corrected chi connectivity index (χ1v) is 22.3. The molecule has 4 aromatic heterocycles. The first-order chi connectivity index (χ1) is 33.7. The lowest BCUT2D eigenvalue weighted by Crippen LogP contribution is -2.15. The highest BCUT2D eigenvalue weighted by atomic mass is 15.3. The molecule has 0 aliphatic carbocycles. The Hall–Kier alpha value is -9.54. The quantitative estimate of drug-likeness (QED) is 0.127. The van der Waals surface area contributed by atoms with Crippen molar-refractivity contribution in [1.82, 2.24) is 39.0 Å². The van der Waals surface area contributed by atoms with Crippen LogP contribution in [0.4, 0.5) is 34.6 Å². The van der Waals surface area contributed by atoms with E-state index in [2.05, 4.69) is 221 Å². The van der Waals surface area contributed by atoms with Gasteiger partial charge in [0.25, 0.3) is 0 Å². The van der Waals surface area contributed by atoms with Crippen molar-refractivity contribution in [2.45, 2.75) is 0 Å². The normalized spacial score (nSPS) is 11.2. The number of benzene rings is 8. The van der Waals surface area contributed by atoms with Gasteiger partial charge in [-0.25, -0.2) is 29.9 Å². The predicted octanol–water partition coefficient (Wildman–Crippen LogP) is 13.9. The number of nitrogens with zero attached hydrogens (tertiary/aromatic N) is 10. The SMILES string of the molecule is c1ccc(-n2c(N(c3ccc(-c4ccc(N(c5ccc(-c6ncccn6)cc5)c5nc6ccccc6n5-c5ccccc5)cc4)cc3)c3ccc(-c4ncccn4)cc3)nc3ccccc32)cc1. The van der Waals surface area contributed by atoms with Crippen molar-refractivity contribution in [2.24, 2.45) is 0 Å². The molecule has 0 saturated carbocycles. The zero-order chi connectivity index (χ0) is 45.2. The Morgan fingerprint density at radius 3 is 0.941 bits per heavy atom. The van der Waals surface area contributed by atoms with Crippen molar-refractivity contribution in [3.63, 3.8) is 0 Å². The molecule has 10 nitrogen and oxygen atoms in total. The molecular weight excluding hydrogens is 837 g/mol. The minimum atomic E-state index is 0.673. The van der Waals surface area contributed by atoms with E-state index in [1.54, 1.807) is 24.8 Å². The summed E-state index contributed by atoms with van der Waals surface area (Å²) in [5.74, 6) is 2.88. The molecule has 0 fully saturated rings. The number of hydrogen-bond acceptors (Lipinski definition) is 8. The first-order valence-electron chi connectivity index (χ1n) is 22.3. The van der Waals surface area contributed by atoms with Gasteiger partial charge in [0.05, 0.1) is 22.1 Å². The molecule has 0 spiro atoms. The molecule has 0 atom stereocenters. The second-order valence-electron chi connectivity index (χ2n) is 16.1.